The van der Waals surface area contributed by atoms with Gasteiger partial charge in [0.1, 0.15) is 5.69 Å². The van der Waals surface area contributed by atoms with Crippen molar-refractivity contribution in [2.45, 2.75) is 50.4 Å². The highest BCUT2D eigenvalue weighted by molar-refractivity contribution is 7.08. The van der Waals surface area contributed by atoms with Crippen LogP contribution in [0.4, 0.5) is 33.6 Å². The molecule has 4 rings (SSSR count). The molecule has 1 saturated carbocycles. The van der Waals surface area contributed by atoms with Gasteiger partial charge in [0.05, 0.1) is 23.0 Å². The van der Waals surface area contributed by atoms with Crippen molar-refractivity contribution in [2.75, 3.05) is 10.6 Å². The summed E-state index contributed by atoms with van der Waals surface area (Å²) in [7, 11) is 0. The van der Waals surface area contributed by atoms with Gasteiger partial charge in [-0.1, -0.05) is 12.8 Å². The monoisotopic (exact) mass is 520 g/mol. The second-order valence-electron chi connectivity index (χ2n) is 7.63. The Balaban J connectivity index is 0.000000429. The summed E-state index contributed by atoms with van der Waals surface area (Å²) in [6.07, 6.45) is -2.03. The Morgan fingerprint density at radius 1 is 1.20 bits per heavy atom. The molecule has 35 heavy (non-hydrogen) atoms. The normalized spacial score (nSPS) is 18.1. The number of fused-ring (bicyclic) bond motifs is 1. The lowest BCUT2D eigenvalue weighted by atomic mass is 9.91. The van der Waals surface area contributed by atoms with E-state index in [-0.39, 0.29) is 29.0 Å². The van der Waals surface area contributed by atoms with E-state index in [2.05, 4.69) is 20.7 Å². The molecule has 1 aliphatic rings. The fraction of sp³-hybridized carbons (Fsp3) is 0.400. The van der Waals surface area contributed by atoms with Crippen molar-refractivity contribution in [3.8, 4) is 0 Å². The van der Waals surface area contributed by atoms with Crippen molar-refractivity contribution in [1.82, 2.24) is 14.6 Å². The van der Waals surface area contributed by atoms with Gasteiger partial charge in [0.15, 0.2) is 0 Å². The number of nitrogens with one attached hydrogen (secondary N) is 2. The molecule has 1 aliphatic carbocycles. The highest BCUT2D eigenvalue weighted by Crippen LogP contribution is 2.31. The van der Waals surface area contributed by atoms with Crippen LogP contribution in [0, 0.1) is 0 Å². The minimum atomic E-state index is -5.08. The molecule has 2 atom stereocenters. The van der Waals surface area contributed by atoms with Gasteiger partial charge in [0, 0.05) is 22.8 Å². The van der Waals surface area contributed by atoms with Gasteiger partial charge in [-0.05, 0) is 25.0 Å². The molecule has 190 valence electrons. The van der Waals surface area contributed by atoms with Crippen LogP contribution in [0.1, 0.15) is 48.2 Å². The minimum absolute atomic E-state index is 0.0341. The van der Waals surface area contributed by atoms with Gasteiger partial charge < -0.3 is 21.5 Å². The SMILES string of the molecule is N[C@H]1CCCC[C@H]1Nc1ncc2ccc(C(=O)Nc3cscc3C(F)F)n2n1.O=C(O)C(F)(F)F. The molecule has 1 amide bonds. The summed E-state index contributed by atoms with van der Waals surface area (Å²) in [5, 5.41) is 20.1. The number of halogens is 5. The van der Waals surface area contributed by atoms with E-state index in [1.807, 2.05) is 0 Å². The Bertz CT molecular complexity index is 1180. The fourth-order valence-corrected chi connectivity index (χ4v) is 4.18. The molecular weight excluding hydrogens is 499 g/mol. The topological polar surface area (TPSA) is 135 Å². The zero-order valence-corrected chi connectivity index (χ0v) is 18.7. The van der Waals surface area contributed by atoms with Gasteiger partial charge in [-0.2, -0.15) is 13.2 Å². The Labute approximate surface area is 199 Å². The first-order valence-electron chi connectivity index (χ1n) is 10.3. The van der Waals surface area contributed by atoms with Crippen molar-refractivity contribution < 1.29 is 36.6 Å². The maximum absolute atomic E-state index is 13.0. The molecule has 0 spiro atoms. The number of nitrogens with two attached hydrogens (primary N) is 1. The minimum Gasteiger partial charge on any atom is -0.475 e. The number of carbonyl (C=O) groups excluding carboxylic acids is 1. The molecule has 3 aromatic rings. The summed E-state index contributed by atoms with van der Waals surface area (Å²) in [5.41, 5.74) is 6.95. The zero-order chi connectivity index (χ0) is 25.8. The molecule has 0 saturated heterocycles. The van der Waals surface area contributed by atoms with Crippen LogP contribution in [0.25, 0.3) is 5.52 Å². The Kier molecular flexibility index (Phi) is 8.22. The molecule has 3 heterocycles. The molecular formula is C20H21F5N6O3S. The van der Waals surface area contributed by atoms with E-state index < -0.39 is 24.5 Å². The van der Waals surface area contributed by atoms with E-state index in [0.717, 1.165) is 37.0 Å². The average molecular weight is 520 g/mol. The summed E-state index contributed by atoms with van der Waals surface area (Å²) in [4.78, 5) is 25.8. The highest BCUT2D eigenvalue weighted by Gasteiger charge is 2.38. The van der Waals surface area contributed by atoms with Crippen LogP contribution < -0.4 is 16.4 Å². The van der Waals surface area contributed by atoms with Crippen molar-refractivity contribution in [3.05, 3.63) is 40.3 Å². The van der Waals surface area contributed by atoms with Gasteiger partial charge >= 0.3 is 12.1 Å². The average Bonchev–Trinajstić information content (AvgIpc) is 3.42. The van der Waals surface area contributed by atoms with E-state index in [1.54, 1.807) is 18.3 Å². The summed E-state index contributed by atoms with van der Waals surface area (Å²) < 4.78 is 59.2. The first-order chi connectivity index (χ1) is 16.5. The lowest BCUT2D eigenvalue weighted by Crippen LogP contribution is -2.43. The number of carboxylic acid groups (broad SMARTS) is 1. The molecule has 1 fully saturated rings. The van der Waals surface area contributed by atoms with Crippen LogP contribution in [-0.2, 0) is 4.79 Å². The highest BCUT2D eigenvalue weighted by atomic mass is 32.1. The Morgan fingerprint density at radius 3 is 2.51 bits per heavy atom. The number of hydrogen-bond donors (Lipinski definition) is 4. The molecule has 15 heteroatoms. The van der Waals surface area contributed by atoms with Gasteiger partial charge in [-0.25, -0.2) is 23.1 Å². The third kappa shape index (κ3) is 6.63. The number of alkyl halides is 5. The van der Waals surface area contributed by atoms with Crippen LogP contribution in [0.5, 0.6) is 0 Å². The Morgan fingerprint density at radius 2 is 1.89 bits per heavy atom. The number of aromatic nitrogens is 3. The summed E-state index contributed by atoms with van der Waals surface area (Å²) in [6.45, 7) is 0. The largest absolute Gasteiger partial charge is 0.490 e. The molecule has 0 aliphatic heterocycles. The molecule has 0 bridgehead atoms. The molecule has 9 nitrogen and oxygen atoms in total. The smallest absolute Gasteiger partial charge is 0.475 e. The third-order valence-electron chi connectivity index (χ3n) is 5.18. The number of aliphatic carboxylic acids is 1. The van der Waals surface area contributed by atoms with Crippen molar-refractivity contribution in [2.24, 2.45) is 5.73 Å². The number of thiophene rings is 1. The predicted molar refractivity (Wildman–Crippen MR) is 118 cm³/mol. The zero-order valence-electron chi connectivity index (χ0n) is 17.9. The van der Waals surface area contributed by atoms with E-state index in [1.165, 1.54) is 15.3 Å². The van der Waals surface area contributed by atoms with Crippen LogP contribution in [0.2, 0.25) is 0 Å². The van der Waals surface area contributed by atoms with Crippen LogP contribution >= 0.6 is 11.3 Å². The number of amides is 1. The molecule has 0 unspecified atom stereocenters. The standard InChI is InChI=1S/C18H20F2N6OS.C2HF3O2/c19-16(20)11-8-28-9-14(11)23-17(27)15-6-5-10-7-22-18(25-26(10)15)24-13-4-2-1-3-12(13)21;3-2(4,5)1(6)7/h5-9,12-13,16H,1-4,21H2,(H,23,27)(H,24,25);(H,6,7)/t12-,13+;/m0./s1. The second-order valence-corrected chi connectivity index (χ2v) is 8.38. The van der Waals surface area contributed by atoms with E-state index in [9.17, 15) is 26.7 Å². The maximum Gasteiger partial charge on any atom is 0.490 e. The molecule has 0 radical (unpaired) electrons. The fourth-order valence-electron chi connectivity index (χ4n) is 3.41. The quantitative estimate of drug-likeness (QED) is 0.369. The van der Waals surface area contributed by atoms with Crippen molar-refractivity contribution >= 4 is 40.4 Å². The first kappa shape index (κ1) is 26.3. The lowest BCUT2D eigenvalue weighted by Gasteiger charge is -2.29. The lowest BCUT2D eigenvalue weighted by molar-refractivity contribution is -0.192. The van der Waals surface area contributed by atoms with Gasteiger partial charge in [0.25, 0.3) is 12.3 Å². The number of rotatable bonds is 5. The molecule has 3 aromatic heterocycles. The Hall–Kier alpha value is -3.33. The number of nitrogens with zero attached hydrogens (tertiary/aromatic N) is 3. The number of carboxylic acids is 1. The van der Waals surface area contributed by atoms with Crippen molar-refractivity contribution in [1.29, 1.82) is 0 Å². The predicted octanol–water partition coefficient (Wildman–Crippen LogP) is 4.30. The van der Waals surface area contributed by atoms with E-state index >= 15 is 0 Å². The number of carbonyl (C=O) groups is 2. The molecule has 5 N–H and O–H groups in total. The van der Waals surface area contributed by atoms with Gasteiger partial charge in [-0.3, -0.25) is 4.79 Å². The van der Waals surface area contributed by atoms with E-state index in [4.69, 9.17) is 15.6 Å². The second kappa shape index (κ2) is 10.9. The van der Waals surface area contributed by atoms with Gasteiger partial charge in [0.2, 0.25) is 5.95 Å². The number of anilines is 2. The van der Waals surface area contributed by atoms with Crippen LogP contribution in [-0.4, -0.2) is 49.8 Å². The summed E-state index contributed by atoms with van der Waals surface area (Å²) >= 11 is 1.11. The first-order valence-corrected chi connectivity index (χ1v) is 11.2. The van der Waals surface area contributed by atoms with Crippen molar-refractivity contribution in [3.63, 3.8) is 0 Å². The van der Waals surface area contributed by atoms with Gasteiger partial charge in [-0.15, -0.1) is 16.4 Å². The number of hydrogen-bond acceptors (Lipinski definition) is 7. The molecule has 0 aromatic carbocycles. The summed E-state index contributed by atoms with van der Waals surface area (Å²) in [6, 6.07) is 3.40. The van der Waals surface area contributed by atoms with Crippen LogP contribution in [0.3, 0.4) is 0 Å². The van der Waals surface area contributed by atoms with Crippen LogP contribution in [0.15, 0.2) is 29.1 Å². The third-order valence-corrected chi connectivity index (χ3v) is 5.94. The van der Waals surface area contributed by atoms with E-state index in [0.29, 0.717) is 11.5 Å². The maximum atomic E-state index is 13.0. The summed E-state index contributed by atoms with van der Waals surface area (Å²) in [5.74, 6) is -2.89.